The Morgan fingerprint density at radius 1 is 0.282 bits per heavy atom. The van der Waals surface area contributed by atoms with Crippen molar-refractivity contribution in [3.8, 4) is 0 Å². The van der Waals surface area contributed by atoms with Crippen molar-refractivity contribution in [1.82, 2.24) is 0 Å². The number of carbonyl (C=O) groups is 3. The van der Waals surface area contributed by atoms with Crippen molar-refractivity contribution in [3.05, 3.63) is 60.8 Å². The van der Waals surface area contributed by atoms with E-state index in [2.05, 4.69) is 81.5 Å². The molecule has 0 saturated heterocycles. The van der Waals surface area contributed by atoms with Gasteiger partial charge in [-0.1, -0.05) is 268 Å². The Hall–Kier alpha value is -2.89. The van der Waals surface area contributed by atoms with Gasteiger partial charge in [0.1, 0.15) is 13.2 Å². The number of hydrogen-bond donors (Lipinski definition) is 0. The summed E-state index contributed by atoms with van der Waals surface area (Å²) in [5.41, 5.74) is 0. The number of allylic oxidation sites excluding steroid dienone is 10. The quantitative estimate of drug-likeness (QED) is 0.0261. The highest BCUT2D eigenvalue weighted by Gasteiger charge is 2.19. The van der Waals surface area contributed by atoms with Gasteiger partial charge < -0.3 is 14.2 Å². The molecule has 0 aliphatic heterocycles. The van der Waals surface area contributed by atoms with Crippen molar-refractivity contribution >= 4 is 17.9 Å². The molecule has 0 aliphatic rings. The summed E-state index contributed by atoms with van der Waals surface area (Å²) in [5.74, 6) is -0.878. The molecule has 0 bridgehead atoms. The summed E-state index contributed by atoms with van der Waals surface area (Å²) in [5, 5.41) is 0. The molecule has 6 heteroatoms. The largest absolute Gasteiger partial charge is 0.462 e. The zero-order chi connectivity index (χ0) is 51.4. The Morgan fingerprint density at radius 3 is 0.817 bits per heavy atom. The molecule has 0 heterocycles. The van der Waals surface area contributed by atoms with E-state index in [9.17, 15) is 14.4 Å². The standard InChI is InChI=1S/C65H116O6/c1-4-7-10-13-16-19-22-25-27-29-30-31-32-33-34-36-37-40-43-46-49-52-55-58-64(67)70-61-62(60-69-63(66)57-54-51-48-45-42-39-24-21-18-15-12-9-6-3)71-65(68)59-56-53-50-47-44-41-38-35-28-26-23-20-17-14-11-8-5-2/h17,20,22,25-26,28-30,32-33,62H,4-16,18-19,21,23-24,27,31,34-61H2,1-3H3/b20-17-,25-22-,28-26-,30-29-,33-32-. The normalized spacial score (nSPS) is 12.4. The zero-order valence-corrected chi connectivity index (χ0v) is 47.2. The second kappa shape index (κ2) is 59.7. The highest BCUT2D eigenvalue weighted by Crippen LogP contribution is 2.16. The predicted molar refractivity (Wildman–Crippen MR) is 307 cm³/mol. The van der Waals surface area contributed by atoms with Crippen LogP contribution in [0.4, 0.5) is 0 Å². The lowest BCUT2D eigenvalue weighted by molar-refractivity contribution is -0.167. The molecule has 0 radical (unpaired) electrons. The Labute approximate surface area is 440 Å². The maximum atomic E-state index is 12.9. The van der Waals surface area contributed by atoms with E-state index < -0.39 is 6.10 Å². The van der Waals surface area contributed by atoms with Crippen LogP contribution in [0.15, 0.2) is 60.8 Å². The van der Waals surface area contributed by atoms with Gasteiger partial charge in [-0.3, -0.25) is 14.4 Å². The highest BCUT2D eigenvalue weighted by atomic mass is 16.6. The van der Waals surface area contributed by atoms with Gasteiger partial charge in [0.2, 0.25) is 0 Å². The second-order valence-electron chi connectivity index (χ2n) is 20.6. The van der Waals surface area contributed by atoms with Gasteiger partial charge in [-0.15, -0.1) is 0 Å². The first-order valence-electron chi connectivity index (χ1n) is 30.8. The van der Waals surface area contributed by atoms with Gasteiger partial charge in [-0.05, 0) is 89.9 Å². The summed E-state index contributed by atoms with van der Waals surface area (Å²) in [6, 6.07) is 0. The first-order valence-corrected chi connectivity index (χ1v) is 30.8. The van der Waals surface area contributed by atoms with E-state index in [0.29, 0.717) is 19.3 Å². The topological polar surface area (TPSA) is 78.9 Å². The fraction of sp³-hybridized carbons (Fsp3) is 0.800. The zero-order valence-electron chi connectivity index (χ0n) is 47.2. The number of carbonyl (C=O) groups excluding carboxylic acids is 3. The van der Waals surface area contributed by atoms with Crippen molar-refractivity contribution in [1.29, 1.82) is 0 Å². The Kier molecular flexibility index (Phi) is 57.2. The van der Waals surface area contributed by atoms with Crippen LogP contribution in [0.3, 0.4) is 0 Å². The Bertz CT molecular complexity index is 1280. The monoisotopic (exact) mass is 993 g/mol. The molecule has 1 unspecified atom stereocenters. The minimum absolute atomic E-state index is 0.0771. The van der Waals surface area contributed by atoms with Crippen molar-refractivity contribution in [2.24, 2.45) is 0 Å². The number of rotatable bonds is 56. The summed E-state index contributed by atoms with van der Waals surface area (Å²) < 4.78 is 16.9. The third kappa shape index (κ3) is 57.9. The lowest BCUT2D eigenvalue weighted by Gasteiger charge is -2.18. The van der Waals surface area contributed by atoms with Crippen LogP contribution in [0.2, 0.25) is 0 Å². The van der Waals surface area contributed by atoms with Crippen LogP contribution >= 0.6 is 0 Å². The van der Waals surface area contributed by atoms with Gasteiger partial charge in [-0.25, -0.2) is 0 Å². The van der Waals surface area contributed by atoms with Crippen molar-refractivity contribution in [3.63, 3.8) is 0 Å². The molecule has 0 aromatic rings. The van der Waals surface area contributed by atoms with Crippen LogP contribution in [-0.2, 0) is 28.6 Å². The van der Waals surface area contributed by atoms with Crippen LogP contribution in [0.25, 0.3) is 0 Å². The molecule has 71 heavy (non-hydrogen) atoms. The van der Waals surface area contributed by atoms with Crippen LogP contribution in [-0.4, -0.2) is 37.2 Å². The molecular formula is C65H116O6. The van der Waals surface area contributed by atoms with E-state index in [1.165, 1.54) is 186 Å². The summed E-state index contributed by atoms with van der Waals surface area (Å²) in [6.07, 6.45) is 75.0. The molecule has 412 valence electrons. The maximum Gasteiger partial charge on any atom is 0.306 e. The first kappa shape index (κ1) is 68.1. The fourth-order valence-corrected chi connectivity index (χ4v) is 8.83. The molecular weight excluding hydrogens is 877 g/mol. The van der Waals surface area contributed by atoms with E-state index in [0.717, 1.165) is 89.9 Å². The fourth-order valence-electron chi connectivity index (χ4n) is 8.83. The van der Waals surface area contributed by atoms with Crippen molar-refractivity contribution in [2.75, 3.05) is 13.2 Å². The lowest BCUT2D eigenvalue weighted by Crippen LogP contribution is -2.30. The van der Waals surface area contributed by atoms with Gasteiger partial charge in [0, 0.05) is 19.3 Å². The highest BCUT2D eigenvalue weighted by molar-refractivity contribution is 5.71. The van der Waals surface area contributed by atoms with Crippen molar-refractivity contribution in [2.45, 2.75) is 322 Å². The van der Waals surface area contributed by atoms with Crippen LogP contribution in [0.1, 0.15) is 316 Å². The predicted octanol–water partition coefficient (Wildman–Crippen LogP) is 20.8. The average Bonchev–Trinajstić information content (AvgIpc) is 3.37. The molecule has 0 saturated carbocycles. The minimum Gasteiger partial charge on any atom is -0.462 e. The third-order valence-electron chi connectivity index (χ3n) is 13.5. The Balaban J connectivity index is 4.34. The van der Waals surface area contributed by atoms with E-state index >= 15 is 0 Å². The number of ether oxygens (including phenoxy) is 3. The maximum absolute atomic E-state index is 12.9. The Morgan fingerprint density at radius 2 is 0.507 bits per heavy atom. The van der Waals surface area contributed by atoms with Gasteiger partial charge in [0.25, 0.3) is 0 Å². The van der Waals surface area contributed by atoms with E-state index in [-0.39, 0.29) is 31.1 Å². The van der Waals surface area contributed by atoms with Gasteiger partial charge >= 0.3 is 17.9 Å². The molecule has 0 aromatic heterocycles. The molecule has 0 rings (SSSR count). The third-order valence-corrected chi connectivity index (χ3v) is 13.5. The first-order chi connectivity index (χ1) is 35.0. The smallest absolute Gasteiger partial charge is 0.306 e. The number of unbranched alkanes of at least 4 members (excludes halogenated alkanes) is 35. The lowest BCUT2D eigenvalue weighted by atomic mass is 10.0. The van der Waals surface area contributed by atoms with E-state index in [1.807, 2.05) is 0 Å². The summed E-state index contributed by atoms with van der Waals surface area (Å²) >= 11 is 0. The van der Waals surface area contributed by atoms with Crippen molar-refractivity contribution < 1.29 is 28.6 Å². The van der Waals surface area contributed by atoms with Crippen LogP contribution in [0, 0.1) is 0 Å². The number of hydrogen-bond acceptors (Lipinski definition) is 6. The molecule has 0 N–H and O–H groups in total. The molecule has 0 aliphatic carbocycles. The van der Waals surface area contributed by atoms with Crippen LogP contribution in [0.5, 0.6) is 0 Å². The molecule has 1 atom stereocenters. The molecule has 6 nitrogen and oxygen atoms in total. The summed E-state index contributed by atoms with van der Waals surface area (Å²) in [4.78, 5) is 38.2. The van der Waals surface area contributed by atoms with E-state index in [4.69, 9.17) is 14.2 Å². The van der Waals surface area contributed by atoms with E-state index in [1.54, 1.807) is 0 Å². The summed E-state index contributed by atoms with van der Waals surface area (Å²) in [6.45, 7) is 6.62. The molecule has 0 amide bonds. The SMILES string of the molecule is CCCCC/C=C\C/C=C\CCCCCCCCCC(=O)OC(COC(=O)CCCCCCCCCC/C=C\C/C=C\C/C=C\CCCCCCC)COC(=O)CCCCCCCCCCCCCCC. The molecule has 0 spiro atoms. The minimum atomic E-state index is -0.780. The van der Waals surface area contributed by atoms with Gasteiger partial charge in [0.15, 0.2) is 6.10 Å². The second-order valence-corrected chi connectivity index (χ2v) is 20.6. The average molecular weight is 994 g/mol. The number of esters is 3. The van der Waals surface area contributed by atoms with Gasteiger partial charge in [-0.2, -0.15) is 0 Å². The van der Waals surface area contributed by atoms with Gasteiger partial charge in [0.05, 0.1) is 0 Å². The van der Waals surface area contributed by atoms with Crippen LogP contribution < -0.4 is 0 Å². The molecule has 0 aromatic carbocycles. The summed E-state index contributed by atoms with van der Waals surface area (Å²) in [7, 11) is 0. The molecule has 0 fully saturated rings.